The van der Waals surface area contributed by atoms with Crippen LogP contribution in [0.1, 0.15) is 26.0 Å². The Labute approximate surface area is 104 Å². The fraction of sp³-hybridized carbons (Fsp3) is 0.455. The monoisotopic (exact) mass is 253 g/mol. The summed E-state index contributed by atoms with van der Waals surface area (Å²) in [6.07, 6.45) is 2.16. The molecule has 0 radical (unpaired) electrons. The molecule has 0 fully saturated rings. The van der Waals surface area contributed by atoms with Crippen LogP contribution in [-0.4, -0.2) is 16.5 Å². The molecule has 0 spiro atoms. The number of hydrogen-bond donors (Lipinski definition) is 1. The number of aromatic nitrogens is 2. The van der Waals surface area contributed by atoms with Crippen LogP contribution in [-0.2, 0) is 6.42 Å². The lowest BCUT2D eigenvalue weighted by Gasteiger charge is -1.97. The number of rotatable bonds is 5. The third-order valence-corrected chi connectivity index (χ3v) is 3.88. The number of thiazole rings is 2. The van der Waals surface area contributed by atoms with Crippen molar-refractivity contribution < 1.29 is 0 Å². The lowest BCUT2D eigenvalue weighted by atomic mass is 10.2. The second-order valence-corrected chi connectivity index (χ2v) is 5.16. The molecule has 2 rings (SSSR count). The van der Waals surface area contributed by atoms with E-state index in [1.54, 1.807) is 22.7 Å². The van der Waals surface area contributed by atoms with Crippen molar-refractivity contribution in [3.8, 4) is 10.6 Å². The molecule has 2 aromatic rings. The first kappa shape index (κ1) is 11.5. The summed E-state index contributed by atoms with van der Waals surface area (Å²) >= 11 is 3.34. The van der Waals surface area contributed by atoms with Gasteiger partial charge in [0.25, 0.3) is 0 Å². The van der Waals surface area contributed by atoms with Crippen LogP contribution >= 0.6 is 22.7 Å². The second-order valence-electron chi connectivity index (χ2n) is 3.45. The molecule has 0 atom stereocenters. The Morgan fingerprint density at radius 3 is 2.94 bits per heavy atom. The molecule has 0 saturated carbocycles. The van der Waals surface area contributed by atoms with Crippen LogP contribution in [0.4, 0.5) is 5.13 Å². The van der Waals surface area contributed by atoms with Gasteiger partial charge in [0.1, 0.15) is 0 Å². The Morgan fingerprint density at radius 2 is 2.19 bits per heavy atom. The molecule has 0 saturated heterocycles. The molecular weight excluding hydrogens is 238 g/mol. The number of anilines is 1. The maximum atomic E-state index is 4.56. The second kappa shape index (κ2) is 5.41. The average molecular weight is 253 g/mol. The average Bonchev–Trinajstić information content (AvgIpc) is 2.87. The largest absolute Gasteiger partial charge is 0.362 e. The Bertz CT molecular complexity index is 448. The standard InChI is InChI=1S/C11H15N3S2/c1-3-5-8-10(16-7-13-8)9-6-15-11(14-9)12-4-2/h6-7H,3-5H2,1-2H3,(H,12,14). The van der Waals surface area contributed by atoms with Crippen molar-refractivity contribution in [1.29, 1.82) is 0 Å². The molecule has 0 aromatic carbocycles. The molecule has 0 aliphatic carbocycles. The highest BCUT2D eigenvalue weighted by Gasteiger charge is 2.11. The van der Waals surface area contributed by atoms with Crippen molar-refractivity contribution in [3.05, 3.63) is 16.6 Å². The first-order chi connectivity index (χ1) is 7.85. The van der Waals surface area contributed by atoms with E-state index in [0.717, 1.165) is 30.2 Å². The SMILES string of the molecule is CCCc1ncsc1-c1csc(NCC)n1. The van der Waals surface area contributed by atoms with Gasteiger partial charge in [0.2, 0.25) is 0 Å². The van der Waals surface area contributed by atoms with E-state index in [1.807, 2.05) is 5.51 Å². The Kier molecular flexibility index (Phi) is 3.90. The van der Waals surface area contributed by atoms with Gasteiger partial charge in [0, 0.05) is 11.9 Å². The van der Waals surface area contributed by atoms with E-state index in [4.69, 9.17) is 0 Å². The molecule has 16 heavy (non-hydrogen) atoms. The molecule has 0 unspecified atom stereocenters. The maximum Gasteiger partial charge on any atom is 0.183 e. The van der Waals surface area contributed by atoms with Gasteiger partial charge in [-0.05, 0) is 13.3 Å². The molecule has 5 heteroatoms. The molecule has 0 amide bonds. The zero-order valence-corrected chi connectivity index (χ0v) is 11.1. The first-order valence-electron chi connectivity index (χ1n) is 5.47. The summed E-state index contributed by atoms with van der Waals surface area (Å²) in [6.45, 7) is 5.17. The van der Waals surface area contributed by atoms with Crippen LogP contribution in [0.25, 0.3) is 10.6 Å². The van der Waals surface area contributed by atoms with Crippen molar-refractivity contribution in [1.82, 2.24) is 9.97 Å². The van der Waals surface area contributed by atoms with Gasteiger partial charge in [-0.3, -0.25) is 0 Å². The van der Waals surface area contributed by atoms with Crippen molar-refractivity contribution in [3.63, 3.8) is 0 Å². The molecule has 2 aromatic heterocycles. The van der Waals surface area contributed by atoms with E-state index in [-0.39, 0.29) is 0 Å². The van der Waals surface area contributed by atoms with E-state index >= 15 is 0 Å². The Hall–Kier alpha value is -0.940. The lowest BCUT2D eigenvalue weighted by molar-refractivity contribution is 0.894. The van der Waals surface area contributed by atoms with E-state index in [2.05, 4.69) is 34.5 Å². The van der Waals surface area contributed by atoms with E-state index in [0.29, 0.717) is 0 Å². The van der Waals surface area contributed by atoms with E-state index in [1.165, 1.54) is 10.6 Å². The first-order valence-corrected chi connectivity index (χ1v) is 7.23. The Morgan fingerprint density at radius 1 is 1.31 bits per heavy atom. The summed E-state index contributed by atoms with van der Waals surface area (Å²) in [4.78, 5) is 10.2. The summed E-state index contributed by atoms with van der Waals surface area (Å²) in [7, 11) is 0. The smallest absolute Gasteiger partial charge is 0.183 e. The van der Waals surface area contributed by atoms with E-state index in [9.17, 15) is 0 Å². The maximum absolute atomic E-state index is 4.56. The number of hydrogen-bond acceptors (Lipinski definition) is 5. The normalized spacial score (nSPS) is 10.6. The van der Waals surface area contributed by atoms with E-state index < -0.39 is 0 Å². The minimum absolute atomic E-state index is 0.914. The van der Waals surface area contributed by atoms with Crippen LogP contribution < -0.4 is 5.32 Å². The minimum Gasteiger partial charge on any atom is -0.362 e. The van der Waals surface area contributed by atoms with Gasteiger partial charge < -0.3 is 5.32 Å². The third kappa shape index (κ3) is 2.41. The summed E-state index contributed by atoms with van der Waals surface area (Å²) in [5.41, 5.74) is 4.15. The van der Waals surface area contributed by atoms with Crippen molar-refractivity contribution >= 4 is 27.8 Å². The van der Waals surface area contributed by atoms with Crippen molar-refractivity contribution in [2.24, 2.45) is 0 Å². The highest BCUT2D eigenvalue weighted by atomic mass is 32.1. The zero-order chi connectivity index (χ0) is 11.4. The van der Waals surface area contributed by atoms with Gasteiger partial charge in [-0.25, -0.2) is 9.97 Å². The van der Waals surface area contributed by atoms with Gasteiger partial charge in [0.15, 0.2) is 5.13 Å². The Balaban J connectivity index is 2.24. The topological polar surface area (TPSA) is 37.8 Å². The minimum atomic E-state index is 0.914. The number of aryl methyl sites for hydroxylation is 1. The molecule has 86 valence electrons. The van der Waals surface area contributed by atoms with Gasteiger partial charge in [0.05, 0.1) is 21.8 Å². The quantitative estimate of drug-likeness (QED) is 0.884. The molecule has 1 N–H and O–H groups in total. The fourth-order valence-corrected chi connectivity index (χ4v) is 3.15. The van der Waals surface area contributed by atoms with Gasteiger partial charge in [-0.15, -0.1) is 22.7 Å². The molecule has 2 heterocycles. The molecular formula is C11H15N3S2. The highest BCUT2D eigenvalue weighted by Crippen LogP contribution is 2.31. The van der Waals surface area contributed by atoms with Gasteiger partial charge in [-0.1, -0.05) is 13.3 Å². The van der Waals surface area contributed by atoms with Crippen LogP contribution in [0.5, 0.6) is 0 Å². The predicted octanol–water partition coefficient (Wildman–Crippen LogP) is 3.65. The summed E-state index contributed by atoms with van der Waals surface area (Å²) in [5.74, 6) is 0. The third-order valence-electron chi connectivity index (χ3n) is 2.19. The van der Waals surface area contributed by atoms with Gasteiger partial charge in [-0.2, -0.15) is 0 Å². The summed E-state index contributed by atoms with van der Waals surface area (Å²) in [5, 5.41) is 6.33. The highest BCUT2D eigenvalue weighted by molar-refractivity contribution is 7.15. The zero-order valence-electron chi connectivity index (χ0n) is 9.49. The molecule has 0 aliphatic rings. The van der Waals surface area contributed by atoms with Crippen LogP contribution in [0.2, 0.25) is 0 Å². The van der Waals surface area contributed by atoms with Crippen LogP contribution in [0.3, 0.4) is 0 Å². The lowest BCUT2D eigenvalue weighted by Crippen LogP contribution is -1.95. The summed E-state index contributed by atoms with van der Waals surface area (Å²) < 4.78 is 0. The predicted molar refractivity (Wildman–Crippen MR) is 71.4 cm³/mol. The van der Waals surface area contributed by atoms with Crippen LogP contribution in [0, 0.1) is 0 Å². The fourth-order valence-electron chi connectivity index (χ4n) is 1.50. The number of nitrogens with zero attached hydrogens (tertiary/aromatic N) is 2. The van der Waals surface area contributed by atoms with Crippen molar-refractivity contribution in [2.75, 3.05) is 11.9 Å². The molecule has 0 aliphatic heterocycles. The van der Waals surface area contributed by atoms with Gasteiger partial charge >= 0.3 is 0 Å². The van der Waals surface area contributed by atoms with Crippen LogP contribution in [0.15, 0.2) is 10.9 Å². The molecule has 0 bridgehead atoms. The van der Waals surface area contributed by atoms with Crippen molar-refractivity contribution in [2.45, 2.75) is 26.7 Å². The number of nitrogens with one attached hydrogen (secondary N) is 1. The summed E-state index contributed by atoms with van der Waals surface area (Å²) in [6, 6.07) is 0. The molecule has 3 nitrogen and oxygen atoms in total.